The number of hydrogen-bond acceptors (Lipinski definition) is 3. The fourth-order valence-corrected chi connectivity index (χ4v) is 2.44. The molecule has 1 aliphatic rings. The standard InChI is InChI=1S/C11H22N2S/c1-3-5-6-7-8-12-11-13-9-10(4-2)14-11/h10H,3-9H2,1-2H3,(H,12,13). The Kier molecular flexibility index (Phi) is 6.08. The van der Waals surface area contributed by atoms with Gasteiger partial charge in [-0.1, -0.05) is 44.9 Å². The predicted molar refractivity (Wildman–Crippen MR) is 66.1 cm³/mol. The maximum atomic E-state index is 4.47. The number of hydrogen-bond donors (Lipinski definition) is 1. The zero-order chi connectivity index (χ0) is 10.2. The molecule has 1 heterocycles. The zero-order valence-electron chi connectivity index (χ0n) is 9.38. The summed E-state index contributed by atoms with van der Waals surface area (Å²) in [5.74, 6) is 0. The molecule has 0 aromatic heterocycles. The molecule has 14 heavy (non-hydrogen) atoms. The molecule has 82 valence electrons. The summed E-state index contributed by atoms with van der Waals surface area (Å²) in [5.41, 5.74) is 0. The van der Waals surface area contributed by atoms with Gasteiger partial charge in [0.2, 0.25) is 0 Å². The maximum Gasteiger partial charge on any atom is 0.156 e. The van der Waals surface area contributed by atoms with Gasteiger partial charge >= 0.3 is 0 Å². The van der Waals surface area contributed by atoms with Gasteiger partial charge in [0, 0.05) is 11.8 Å². The minimum atomic E-state index is 0.730. The average Bonchev–Trinajstić information content (AvgIpc) is 2.65. The van der Waals surface area contributed by atoms with E-state index in [9.17, 15) is 0 Å². The first-order valence-corrected chi connectivity index (χ1v) is 6.69. The zero-order valence-corrected chi connectivity index (χ0v) is 10.2. The Morgan fingerprint density at radius 3 is 2.86 bits per heavy atom. The summed E-state index contributed by atoms with van der Waals surface area (Å²) in [6.07, 6.45) is 6.53. The van der Waals surface area contributed by atoms with Crippen LogP contribution < -0.4 is 5.32 Å². The first kappa shape index (κ1) is 11.9. The van der Waals surface area contributed by atoms with Gasteiger partial charge in [0.15, 0.2) is 5.17 Å². The number of thioether (sulfide) groups is 1. The van der Waals surface area contributed by atoms with Crippen LogP contribution in [0.15, 0.2) is 4.99 Å². The van der Waals surface area contributed by atoms with Gasteiger partial charge in [-0.05, 0) is 12.8 Å². The van der Waals surface area contributed by atoms with E-state index in [0.29, 0.717) is 0 Å². The lowest BCUT2D eigenvalue weighted by Crippen LogP contribution is -2.20. The molecule has 3 heteroatoms. The minimum absolute atomic E-state index is 0.730. The molecular weight excluding hydrogens is 192 g/mol. The Balaban J connectivity index is 1.97. The molecule has 0 radical (unpaired) electrons. The van der Waals surface area contributed by atoms with Gasteiger partial charge in [-0.25, -0.2) is 0 Å². The van der Waals surface area contributed by atoms with Crippen molar-refractivity contribution >= 4 is 16.9 Å². The van der Waals surface area contributed by atoms with E-state index in [2.05, 4.69) is 24.2 Å². The molecule has 1 aliphatic heterocycles. The molecule has 0 bridgehead atoms. The van der Waals surface area contributed by atoms with Crippen LogP contribution in [-0.2, 0) is 0 Å². The van der Waals surface area contributed by atoms with Crippen LogP contribution >= 0.6 is 11.8 Å². The van der Waals surface area contributed by atoms with Crippen LogP contribution in [0.3, 0.4) is 0 Å². The van der Waals surface area contributed by atoms with Crippen LogP contribution in [0.25, 0.3) is 0 Å². The average molecular weight is 214 g/mol. The van der Waals surface area contributed by atoms with Gasteiger partial charge in [0.05, 0.1) is 6.54 Å². The summed E-state index contributed by atoms with van der Waals surface area (Å²) in [6, 6.07) is 0. The first-order valence-electron chi connectivity index (χ1n) is 5.81. The normalized spacial score (nSPS) is 21.0. The molecule has 1 N–H and O–H groups in total. The number of nitrogens with one attached hydrogen (secondary N) is 1. The molecular formula is C11H22N2S. The van der Waals surface area contributed by atoms with Crippen molar-refractivity contribution in [3.8, 4) is 0 Å². The molecule has 0 aliphatic carbocycles. The highest BCUT2D eigenvalue weighted by Crippen LogP contribution is 2.21. The van der Waals surface area contributed by atoms with Crippen molar-refractivity contribution in [3.63, 3.8) is 0 Å². The van der Waals surface area contributed by atoms with Crippen LogP contribution in [0.4, 0.5) is 0 Å². The minimum Gasteiger partial charge on any atom is -0.365 e. The van der Waals surface area contributed by atoms with Crippen molar-refractivity contribution < 1.29 is 0 Å². The van der Waals surface area contributed by atoms with Gasteiger partial charge in [0.25, 0.3) is 0 Å². The van der Waals surface area contributed by atoms with Crippen LogP contribution in [0, 0.1) is 0 Å². The third-order valence-corrected chi connectivity index (χ3v) is 3.79. The van der Waals surface area contributed by atoms with Gasteiger partial charge in [-0.2, -0.15) is 0 Å². The summed E-state index contributed by atoms with van der Waals surface area (Å²) in [5, 5.41) is 5.32. The molecule has 2 nitrogen and oxygen atoms in total. The van der Waals surface area contributed by atoms with Crippen molar-refractivity contribution in [2.75, 3.05) is 13.1 Å². The summed E-state index contributed by atoms with van der Waals surface area (Å²) < 4.78 is 0. The number of unbranched alkanes of at least 4 members (excludes halogenated alkanes) is 3. The van der Waals surface area contributed by atoms with Crippen molar-refractivity contribution in [1.29, 1.82) is 0 Å². The first-order chi connectivity index (χ1) is 6.86. The summed E-state index contributed by atoms with van der Waals surface area (Å²) in [4.78, 5) is 4.47. The molecule has 1 rings (SSSR count). The lowest BCUT2D eigenvalue weighted by Gasteiger charge is -2.06. The molecule has 1 atom stereocenters. The molecule has 0 saturated carbocycles. The Bertz CT molecular complexity index is 180. The molecule has 0 saturated heterocycles. The Labute approximate surface area is 92.0 Å². The SMILES string of the molecule is CCCCCCNC1=NCC(CC)S1. The molecule has 0 aromatic rings. The maximum absolute atomic E-state index is 4.47. The third kappa shape index (κ3) is 4.36. The van der Waals surface area contributed by atoms with Gasteiger partial charge < -0.3 is 5.32 Å². The summed E-state index contributed by atoms with van der Waals surface area (Å²) in [6.45, 7) is 6.59. The van der Waals surface area contributed by atoms with E-state index in [-0.39, 0.29) is 0 Å². The van der Waals surface area contributed by atoms with Crippen molar-refractivity contribution in [2.24, 2.45) is 4.99 Å². The fraction of sp³-hybridized carbons (Fsp3) is 0.909. The highest BCUT2D eigenvalue weighted by molar-refractivity contribution is 8.14. The molecule has 0 amide bonds. The lowest BCUT2D eigenvalue weighted by molar-refractivity contribution is 0.655. The van der Waals surface area contributed by atoms with E-state index >= 15 is 0 Å². The van der Waals surface area contributed by atoms with E-state index in [1.807, 2.05) is 11.8 Å². The van der Waals surface area contributed by atoms with Crippen LogP contribution in [0.2, 0.25) is 0 Å². The topological polar surface area (TPSA) is 24.4 Å². The number of aliphatic imine (C=N–C) groups is 1. The number of rotatable bonds is 6. The van der Waals surface area contributed by atoms with E-state index in [4.69, 9.17) is 0 Å². The Morgan fingerprint density at radius 2 is 2.21 bits per heavy atom. The summed E-state index contributed by atoms with van der Waals surface area (Å²) >= 11 is 1.91. The van der Waals surface area contributed by atoms with E-state index in [1.54, 1.807) is 0 Å². The number of nitrogens with zero attached hydrogens (tertiary/aromatic N) is 1. The molecule has 0 aromatic carbocycles. The molecule has 1 unspecified atom stereocenters. The molecule has 0 spiro atoms. The highest BCUT2D eigenvalue weighted by atomic mass is 32.2. The molecule has 0 fully saturated rings. The Hall–Kier alpha value is -0.180. The van der Waals surface area contributed by atoms with Gasteiger partial charge in [0.1, 0.15) is 0 Å². The fourth-order valence-electron chi connectivity index (χ4n) is 1.47. The summed E-state index contributed by atoms with van der Waals surface area (Å²) in [7, 11) is 0. The van der Waals surface area contributed by atoms with Crippen LogP contribution in [0.1, 0.15) is 46.0 Å². The van der Waals surface area contributed by atoms with Gasteiger partial charge in [-0.3, -0.25) is 4.99 Å². The van der Waals surface area contributed by atoms with Crippen LogP contribution in [-0.4, -0.2) is 23.5 Å². The van der Waals surface area contributed by atoms with E-state index in [1.165, 1.54) is 37.3 Å². The highest BCUT2D eigenvalue weighted by Gasteiger charge is 2.16. The van der Waals surface area contributed by atoms with Crippen molar-refractivity contribution in [2.45, 2.75) is 51.2 Å². The largest absolute Gasteiger partial charge is 0.365 e. The van der Waals surface area contributed by atoms with E-state index in [0.717, 1.165) is 18.3 Å². The monoisotopic (exact) mass is 214 g/mol. The van der Waals surface area contributed by atoms with Crippen molar-refractivity contribution in [3.05, 3.63) is 0 Å². The Morgan fingerprint density at radius 1 is 1.36 bits per heavy atom. The third-order valence-electron chi connectivity index (χ3n) is 2.48. The lowest BCUT2D eigenvalue weighted by atomic mass is 10.2. The second-order valence-electron chi connectivity index (χ2n) is 3.78. The van der Waals surface area contributed by atoms with Crippen molar-refractivity contribution in [1.82, 2.24) is 5.32 Å². The van der Waals surface area contributed by atoms with Gasteiger partial charge in [-0.15, -0.1) is 0 Å². The predicted octanol–water partition coefficient (Wildman–Crippen LogP) is 3.04. The van der Waals surface area contributed by atoms with E-state index < -0.39 is 0 Å². The second-order valence-corrected chi connectivity index (χ2v) is 5.07. The van der Waals surface area contributed by atoms with Crippen LogP contribution in [0.5, 0.6) is 0 Å². The quantitative estimate of drug-likeness (QED) is 0.687. The smallest absolute Gasteiger partial charge is 0.156 e. The number of amidine groups is 1. The second kappa shape index (κ2) is 7.16.